The fourth-order valence-electron chi connectivity index (χ4n) is 7.61. The summed E-state index contributed by atoms with van der Waals surface area (Å²) in [5, 5.41) is 11.6. The molecule has 5 rings (SSSR count). The zero-order valence-corrected chi connectivity index (χ0v) is 37.0. The second-order valence-corrected chi connectivity index (χ2v) is 21.8. The Kier molecular flexibility index (Phi) is 17.7. The summed E-state index contributed by atoms with van der Waals surface area (Å²) in [6, 6.07) is 32.4. The monoisotopic (exact) mass is 836 g/mol. The number of rotatable bonds is 22. The Morgan fingerprint density at radius 3 is 1.70 bits per heavy atom. The van der Waals surface area contributed by atoms with Crippen LogP contribution in [0, 0.1) is 13.1 Å². The van der Waals surface area contributed by atoms with Gasteiger partial charge in [-0.05, 0) is 97.1 Å². The first-order chi connectivity index (χ1) is 27.5. The molecular weight excluding hydrogens is 775 g/mol. The molecule has 2 heterocycles. The lowest BCUT2D eigenvalue weighted by Gasteiger charge is -2.36. The van der Waals surface area contributed by atoms with Crippen LogP contribution in [0.3, 0.4) is 0 Å². The maximum absolute atomic E-state index is 7.41. The molecule has 2 aliphatic heterocycles. The van der Waals surface area contributed by atoms with Crippen molar-refractivity contribution >= 4 is 45.6 Å². The molecule has 3 aromatic rings. The molecule has 0 amide bonds. The summed E-state index contributed by atoms with van der Waals surface area (Å²) in [7, 11) is -6.80. The largest absolute Gasteiger partial charge is 0.371 e. The summed E-state index contributed by atoms with van der Waals surface area (Å²) in [5.41, 5.74) is 0. The molecule has 11 nitrogen and oxygen atoms in total. The summed E-state index contributed by atoms with van der Waals surface area (Å²) in [6.45, 7) is 28.8. The van der Waals surface area contributed by atoms with Crippen LogP contribution in [0.15, 0.2) is 91.0 Å². The molecule has 0 bridgehead atoms. The third-order valence-electron chi connectivity index (χ3n) is 9.99. The third-order valence-corrected chi connectivity index (χ3v) is 17.9. The molecule has 8 atom stereocenters. The van der Waals surface area contributed by atoms with Crippen molar-refractivity contribution in [2.75, 3.05) is 39.5 Å². The smallest absolute Gasteiger partial charge is 0.259 e. The molecule has 57 heavy (non-hydrogen) atoms. The number of ether oxygens (including phenoxy) is 2. The van der Waals surface area contributed by atoms with Crippen LogP contribution in [0.2, 0.25) is 0 Å². The predicted molar refractivity (Wildman–Crippen MR) is 237 cm³/mol. The molecule has 0 saturated carbocycles. The lowest BCUT2D eigenvalue weighted by atomic mass is 10.1. The van der Waals surface area contributed by atoms with Crippen LogP contribution in [0.4, 0.5) is 0 Å². The first-order valence-corrected chi connectivity index (χ1v) is 24.7. The van der Waals surface area contributed by atoms with Crippen LogP contribution in [0.5, 0.6) is 0 Å². The van der Waals surface area contributed by atoms with Gasteiger partial charge >= 0.3 is 0 Å². The van der Waals surface area contributed by atoms with E-state index in [1.165, 1.54) is 15.9 Å². The molecule has 2 saturated heterocycles. The van der Waals surface area contributed by atoms with Crippen molar-refractivity contribution in [3.63, 3.8) is 0 Å². The van der Waals surface area contributed by atoms with Crippen LogP contribution in [0.25, 0.3) is 9.69 Å². The van der Waals surface area contributed by atoms with Gasteiger partial charge in [0.05, 0.1) is 37.6 Å². The second kappa shape index (κ2) is 22.2. The zero-order chi connectivity index (χ0) is 40.8. The van der Waals surface area contributed by atoms with Crippen molar-refractivity contribution < 1.29 is 27.6 Å². The van der Waals surface area contributed by atoms with Crippen LogP contribution in [-0.2, 0) is 27.6 Å². The van der Waals surface area contributed by atoms with E-state index in [0.29, 0.717) is 13.0 Å². The molecule has 2 aliphatic rings. The summed E-state index contributed by atoms with van der Waals surface area (Å²) < 4.78 is 41.1. The van der Waals surface area contributed by atoms with Crippen molar-refractivity contribution in [2.24, 2.45) is 0 Å². The fraction of sp³-hybridized carbons (Fsp3) is 0.512. The van der Waals surface area contributed by atoms with E-state index in [9.17, 15) is 0 Å². The molecule has 2 N–H and O–H groups in total. The van der Waals surface area contributed by atoms with Crippen molar-refractivity contribution in [2.45, 2.75) is 103 Å². The van der Waals surface area contributed by atoms with Gasteiger partial charge in [0.25, 0.3) is 8.53 Å². The number of benzene rings is 3. The topological polar surface area (TPSA) is 91.4 Å². The maximum Gasteiger partial charge on any atom is 0.259 e. The molecule has 308 valence electrons. The van der Waals surface area contributed by atoms with Crippen molar-refractivity contribution in [3.8, 4) is 0 Å². The minimum atomic E-state index is -3.00. The molecule has 4 unspecified atom stereocenters. The molecule has 0 aromatic heterocycles. The van der Waals surface area contributed by atoms with Crippen LogP contribution >= 0.6 is 23.4 Å². The van der Waals surface area contributed by atoms with Gasteiger partial charge in [0, 0.05) is 18.1 Å². The predicted octanol–water partition coefficient (Wildman–Crippen LogP) is 7.61. The summed E-state index contributed by atoms with van der Waals surface area (Å²) in [6.07, 6.45) is 5.39. The quantitative estimate of drug-likeness (QED) is 0.0604. The van der Waals surface area contributed by atoms with Gasteiger partial charge in [-0.25, -0.2) is 22.9 Å². The van der Waals surface area contributed by atoms with Gasteiger partial charge in [-0.15, -0.1) is 0 Å². The highest BCUT2D eigenvalue weighted by molar-refractivity contribution is 7.94. The minimum absolute atomic E-state index is 0.00242. The molecule has 14 heteroatoms. The Labute approximate surface area is 343 Å². The zero-order valence-electron chi connectivity index (χ0n) is 34.3. The number of hydrogen-bond donors (Lipinski definition) is 2. The van der Waals surface area contributed by atoms with E-state index in [0.717, 1.165) is 6.42 Å². The molecule has 0 radical (unpaired) electrons. The Balaban J connectivity index is 1.37. The van der Waals surface area contributed by atoms with Gasteiger partial charge < -0.3 is 37.3 Å². The first kappa shape index (κ1) is 45.5. The minimum Gasteiger partial charge on any atom is -0.371 e. The van der Waals surface area contributed by atoms with E-state index in [4.69, 9.17) is 40.7 Å². The van der Waals surface area contributed by atoms with Crippen LogP contribution < -0.4 is 26.1 Å². The van der Waals surface area contributed by atoms with Crippen molar-refractivity contribution in [1.29, 1.82) is 0 Å². The number of hydrogen-bond acceptors (Lipinski definition) is 9. The highest BCUT2D eigenvalue weighted by Crippen LogP contribution is 2.53. The normalized spacial score (nSPS) is 24.1. The average Bonchev–Trinajstić information content (AvgIpc) is 3.74. The Morgan fingerprint density at radius 1 is 0.737 bits per heavy atom. The summed E-state index contributed by atoms with van der Waals surface area (Å²) in [4.78, 5) is 7.00. The molecule has 3 aromatic carbocycles. The Bertz CT molecular complexity index is 1680. The van der Waals surface area contributed by atoms with E-state index in [1.54, 1.807) is 0 Å². The van der Waals surface area contributed by atoms with Crippen molar-refractivity contribution in [1.82, 2.24) is 14.8 Å². The van der Waals surface area contributed by atoms with Crippen molar-refractivity contribution in [3.05, 3.63) is 114 Å². The SMILES string of the molecule is [C-]#[N+]CCOP(OC[C@H]1O[C@@H](C)CC1NP(=C)(OCC[N+]#[C-])OC[C@H]1O[C@@H](C)CC1N[P+](c1ccccc1)(c1ccccc1)c1ccccc1)N(C(C)C)C(C)C. The van der Waals surface area contributed by atoms with Gasteiger partial charge in [0.15, 0.2) is 14.9 Å². The van der Waals surface area contributed by atoms with Gasteiger partial charge in [-0.1, -0.05) is 54.6 Å². The third kappa shape index (κ3) is 12.3. The molecular formula is C43H61N5O6P3+. The van der Waals surface area contributed by atoms with Gasteiger partial charge in [-0.2, -0.15) is 5.09 Å². The van der Waals surface area contributed by atoms with Gasteiger partial charge in [0.2, 0.25) is 13.1 Å². The number of nitrogens with one attached hydrogen (secondary N) is 2. The van der Waals surface area contributed by atoms with E-state index >= 15 is 0 Å². The van der Waals surface area contributed by atoms with E-state index < -0.39 is 23.4 Å². The van der Waals surface area contributed by atoms with Gasteiger partial charge in [-0.3, -0.25) is 0 Å². The lowest BCUT2D eigenvalue weighted by molar-refractivity contribution is 0.0125. The van der Waals surface area contributed by atoms with Gasteiger partial charge in [0.1, 0.15) is 35.2 Å². The fourth-order valence-corrected chi connectivity index (χ4v) is 15.0. The van der Waals surface area contributed by atoms with Crippen LogP contribution in [0.1, 0.15) is 54.4 Å². The molecule has 0 spiro atoms. The Morgan fingerprint density at radius 2 is 1.21 bits per heavy atom. The summed E-state index contributed by atoms with van der Waals surface area (Å²) >= 11 is 0. The molecule has 0 aliphatic carbocycles. The van der Waals surface area contributed by atoms with Crippen LogP contribution in [-0.4, -0.2) is 99.1 Å². The molecule has 2 fully saturated rings. The average molecular weight is 837 g/mol. The summed E-state index contributed by atoms with van der Waals surface area (Å²) in [5.74, 6) is 0. The highest BCUT2D eigenvalue weighted by atomic mass is 31.2. The first-order valence-electron chi connectivity index (χ1n) is 19.9. The van der Waals surface area contributed by atoms with E-state index in [1.807, 2.05) is 6.92 Å². The second-order valence-electron chi connectivity index (χ2n) is 15.1. The van der Waals surface area contributed by atoms with E-state index in [-0.39, 0.29) is 81.5 Å². The highest BCUT2D eigenvalue weighted by Gasteiger charge is 2.51. The number of nitrogens with zero attached hydrogens (tertiary/aromatic N) is 3. The van der Waals surface area contributed by atoms with E-state index in [2.05, 4.69) is 156 Å². The maximum atomic E-state index is 7.41. The Hall–Kier alpha value is -2.56. The lowest BCUT2D eigenvalue weighted by Crippen LogP contribution is -2.48. The standard InChI is InChI=1S/C43H61N5O6P3/c1-33(2)48(34(3)4)55(49-27-25-44-7)50-31-42-40(29-35(5)53-42)46-56(9,51-28-26-45-8)52-32-43-41(30-36(6)54-43)47-57(37-19-13-10-14-20-37,38-21-15-11-16-22-38)39-23-17-12-18-24-39/h10-24,33-36,40-43,46-47H,9,25-32H2,1-6H3/q+1/t35-,36-,40?,41?,42+,43+,55?,56?/m0/s1.